The summed E-state index contributed by atoms with van der Waals surface area (Å²) in [5, 5.41) is 0. The van der Waals surface area contributed by atoms with Crippen molar-refractivity contribution in [2.24, 2.45) is 0 Å². The van der Waals surface area contributed by atoms with Gasteiger partial charge in [-0.2, -0.15) is 0 Å². The van der Waals surface area contributed by atoms with Crippen molar-refractivity contribution in [2.45, 2.75) is 32.6 Å². The molecule has 0 radical (unpaired) electrons. The van der Waals surface area contributed by atoms with E-state index >= 15 is 0 Å². The van der Waals surface area contributed by atoms with Gasteiger partial charge in [-0.3, -0.25) is 0 Å². The van der Waals surface area contributed by atoms with Crippen molar-refractivity contribution in [1.82, 2.24) is 0 Å². The minimum Gasteiger partial charge on any atom is -0.497 e. The lowest BCUT2D eigenvalue weighted by Crippen LogP contribution is -2.06. The van der Waals surface area contributed by atoms with Crippen LogP contribution in [0.3, 0.4) is 0 Å². The standard InChI is InChI=1S/C20H26O5/c1-16(2)20(22)25-15-7-5-4-6-14-24-19(21)13-10-17-8-11-18(23-3)12-9-17/h8-13H,1,4-7,14-15H2,2-3H3. The van der Waals surface area contributed by atoms with Gasteiger partial charge in [0.2, 0.25) is 0 Å². The summed E-state index contributed by atoms with van der Waals surface area (Å²) in [5.41, 5.74) is 1.32. The largest absolute Gasteiger partial charge is 0.497 e. The van der Waals surface area contributed by atoms with E-state index in [0.29, 0.717) is 18.8 Å². The number of hydrogen-bond acceptors (Lipinski definition) is 5. The number of esters is 2. The van der Waals surface area contributed by atoms with E-state index in [-0.39, 0.29) is 11.9 Å². The van der Waals surface area contributed by atoms with E-state index in [1.165, 1.54) is 6.08 Å². The Labute approximate surface area is 149 Å². The molecular formula is C20H26O5. The molecule has 0 aromatic heterocycles. The predicted octanol–water partition coefficient (Wildman–Crippen LogP) is 3.93. The van der Waals surface area contributed by atoms with Crippen LogP contribution >= 0.6 is 0 Å². The molecule has 0 saturated heterocycles. The number of benzene rings is 1. The molecule has 0 bridgehead atoms. The van der Waals surface area contributed by atoms with Crippen molar-refractivity contribution in [3.8, 4) is 5.75 Å². The first-order chi connectivity index (χ1) is 12.0. The Morgan fingerprint density at radius 1 is 1.00 bits per heavy atom. The molecule has 0 aliphatic rings. The van der Waals surface area contributed by atoms with E-state index in [1.807, 2.05) is 24.3 Å². The van der Waals surface area contributed by atoms with Crippen LogP contribution in [0.25, 0.3) is 6.08 Å². The molecule has 0 spiro atoms. The number of methoxy groups -OCH3 is 1. The monoisotopic (exact) mass is 346 g/mol. The Balaban J connectivity index is 2.07. The van der Waals surface area contributed by atoms with Gasteiger partial charge >= 0.3 is 11.9 Å². The molecule has 1 aromatic carbocycles. The van der Waals surface area contributed by atoms with E-state index < -0.39 is 0 Å². The van der Waals surface area contributed by atoms with E-state index in [4.69, 9.17) is 14.2 Å². The van der Waals surface area contributed by atoms with E-state index in [9.17, 15) is 9.59 Å². The number of hydrogen-bond donors (Lipinski definition) is 0. The zero-order chi connectivity index (χ0) is 18.5. The van der Waals surface area contributed by atoms with E-state index in [2.05, 4.69) is 6.58 Å². The lowest BCUT2D eigenvalue weighted by Gasteiger charge is -2.04. The molecular weight excluding hydrogens is 320 g/mol. The molecule has 0 saturated carbocycles. The highest BCUT2D eigenvalue weighted by Gasteiger charge is 2.02. The van der Waals surface area contributed by atoms with Crippen molar-refractivity contribution in [3.05, 3.63) is 48.1 Å². The highest BCUT2D eigenvalue weighted by Crippen LogP contribution is 2.12. The average molecular weight is 346 g/mol. The topological polar surface area (TPSA) is 61.8 Å². The van der Waals surface area contributed by atoms with Crippen molar-refractivity contribution >= 4 is 18.0 Å². The van der Waals surface area contributed by atoms with Crippen molar-refractivity contribution < 1.29 is 23.8 Å². The summed E-state index contributed by atoms with van der Waals surface area (Å²) in [7, 11) is 1.61. The molecule has 0 fully saturated rings. The number of rotatable bonds is 11. The van der Waals surface area contributed by atoms with Crippen molar-refractivity contribution in [1.29, 1.82) is 0 Å². The van der Waals surface area contributed by atoms with Gasteiger partial charge in [0, 0.05) is 11.6 Å². The Kier molecular flexibility index (Phi) is 9.75. The van der Waals surface area contributed by atoms with Crippen LogP contribution in [0.2, 0.25) is 0 Å². The highest BCUT2D eigenvalue weighted by molar-refractivity contribution is 5.87. The SMILES string of the molecule is C=C(C)C(=O)OCCCCCCOC(=O)C=Cc1ccc(OC)cc1. The third-order valence-electron chi connectivity index (χ3n) is 3.39. The van der Waals surface area contributed by atoms with Crippen LogP contribution in [-0.4, -0.2) is 32.3 Å². The second kappa shape index (κ2) is 11.9. The fraction of sp³-hybridized carbons (Fsp3) is 0.400. The first-order valence-corrected chi connectivity index (χ1v) is 8.34. The fourth-order valence-electron chi connectivity index (χ4n) is 1.95. The number of carbonyl (C=O) groups is 2. The van der Waals surface area contributed by atoms with Crippen LogP contribution in [-0.2, 0) is 19.1 Å². The van der Waals surface area contributed by atoms with Crippen molar-refractivity contribution in [3.63, 3.8) is 0 Å². The first kappa shape index (κ1) is 20.5. The molecule has 136 valence electrons. The predicted molar refractivity (Wildman–Crippen MR) is 97.2 cm³/mol. The summed E-state index contributed by atoms with van der Waals surface area (Å²) in [5.74, 6) is 0.0675. The molecule has 5 heteroatoms. The summed E-state index contributed by atoms with van der Waals surface area (Å²) in [6.45, 7) is 5.93. The number of carbonyl (C=O) groups excluding carboxylic acids is 2. The Morgan fingerprint density at radius 2 is 1.60 bits per heavy atom. The van der Waals surface area contributed by atoms with Gasteiger partial charge in [0.05, 0.1) is 20.3 Å². The lowest BCUT2D eigenvalue weighted by molar-refractivity contribution is -0.139. The zero-order valence-corrected chi connectivity index (χ0v) is 15.0. The molecule has 0 heterocycles. The third kappa shape index (κ3) is 9.35. The van der Waals surface area contributed by atoms with Crippen LogP contribution < -0.4 is 4.74 Å². The third-order valence-corrected chi connectivity index (χ3v) is 3.39. The van der Waals surface area contributed by atoms with Crippen LogP contribution in [0.15, 0.2) is 42.5 Å². The van der Waals surface area contributed by atoms with Gasteiger partial charge in [-0.1, -0.05) is 18.7 Å². The highest BCUT2D eigenvalue weighted by atomic mass is 16.5. The smallest absolute Gasteiger partial charge is 0.333 e. The van der Waals surface area contributed by atoms with Gasteiger partial charge < -0.3 is 14.2 Å². The van der Waals surface area contributed by atoms with Gasteiger partial charge in [-0.15, -0.1) is 0 Å². The molecule has 25 heavy (non-hydrogen) atoms. The number of ether oxygens (including phenoxy) is 3. The molecule has 0 atom stereocenters. The zero-order valence-electron chi connectivity index (χ0n) is 15.0. The van der Waals surface area contributed by atoms with Gasteiger partial charge in [0.25, 0.3) is 0 Å². The fourth-order valence-corrected chi connectivity index (χ4v) is 1.95. The summed E-state index contributed by atoms with van der Waals surface area (Å²) in [6, 6.07) is 7.39. The van der Waals surface area contributed by atoms with Gasteiger partial charge in [0.1, 0.15) is 5.75 Å². The second-order valence-corrected chi connectivity index (χ2v) is 5.60. The average Bonchev–Trinajstić information content (AvgIpc) is 2.62. The van der Waals surface area contributed by atoms with Crippen molar-refractivity contribution in [2.75, 3.05) is 20.3 Å². The molecule has 0 N–H and O–H groups in total. The van der Waals surface area contributed by atoms with E-state index in [0.717, 1.165) is 37.0 Å². The molecule has 0 aliphatic heterocycles. The van der Waals surface area contributed by atoms with Crippen LogP contribution in [0.1, 0.15) is 38.2 Å². The number of unbranched alkanes of at least 4 members (excludes halogenated alkanes) is 3. The molecule has 0 aliphatic carbocycles. The lowest BCUT2D eigenvalue weighted by atomic mass is 10.2. The molecule has 1 rings (SSSR count). The van der Waals surface area contributed by atoms with Crippen LogP contribution in [0.4, 0.5) is 0 Å². The molecule has 0 amide bonds. The first-order valence-electron chi connectivity index (χ1n) is 8.34. The van der Waals surface area contributed by atoms with Gasteiger partial charge in [0.15, 0.2) is 0 Å². The maximum atomic E-state index is 11.6. The Bertz CT molecular complexity index is 587. The normalized spacial score (nSPS) is 10.5. The molecule has 1 aromatic rings. The minimum absolute atomic E-state index is 0.349. The summed E-state index contributed by atoms with van der Waals surface area (Å²) in [6.07, 6.45) is 6.54. The Morgan fingerprint density at radius 3 is 2.16 bits per heavy atom. The van der Waals surface area contributed by atoms with Crippen LogP contribution in [0.5, 0.6) is 5.75 Å². The maximum absolute atomic E-state index is 11.6. The summed E-state index contributed by atoms with van der Waals surface area (Å²) in [4.78, 5) is 22.8. The Hall–Kier alpha value is -2.56. The minimum atomic E-state index is -0.355. The van der Waals surface area contributed by atoms with E-state index in [1.54, 1.807) is 20.1 Å². The molecule has 5 nitrogen and oxygen atoms in total. The molecule has 0 unspecified atom stereocenters. The maximum Gasteiger partial charge on any atom is 0.333 e. The summed E-state index contributed by atoms with van der Waals surface area (Å²) < 4.78 is 15.2. The van der Waals surface area contributed by atoms with Gasteiger partial charge in [-0.25, -0.2) is 9.59 Å². The second-order valence-electron chi connectivity index (χ2n) is 5.60. The van der Waals surface area contributed by atoms with Crippen LogP contribution in [0, 0.1) is 0 Å². The summed E-state index contributed by atoms with van der Waals surface area (Å²) >= 11 is 0. The quantitative estimate of drug-likeness (QED) is 0.345. The van der Waals surface area contributed by atoms with Gasteiger partial charge in [-0.05, 0) is 56.4 Å².